The summed E-state index contributed by atoms with van der Waals surface area (Å²) >= 11 is 0. The van der Waals surface area contributed by atoms with Crippen molar-refractivity contribution in [3.05, 3.63) is 35.9 Å². The molecule has 0 amide bonds. The Kier molecular flexibility index (Phi) is 3.37. The van der Waals surface area contributed by atoms with Crippen LogP contribution < -0.4 is 0 Å². The summed E-state index contributed by atoms with van der Waals surface area (Å²) in [4.78, 5) is 2.39. The van der Waals surface area contributed by atoms with Crippen molar-refractivity contribution in [3.63, 3.8) is 0 Å². The van der Waals surface area contributed by atoms with Gasteiger partial charge in [-0.2, -0.15) is 0 Å². The van der Waals surface area contributed by atoms with Crippen molar-refractivity contribution in [1.82, 2.24) is 4.90 Å². The molecular formula is C20H29N. The molecule has 0 N–H and O–H groups in total. The summed E-state index contributed by atoms with van der Waals surface area (Å²) in [6.07, 6.45) is 8.99. The largest absolute Gasteiger partial charge is 0.309 e. The normalized spacial score (nSPS) is 40.9. The number of nitrogens with zero attached hydrogens (tertiary/aromatic N) is 1. The van der Waals surface area contributed by atoms with Gasteiger partial charge in [-0.1, -0.05) is 30.3 Å². The fourth-order valence-corrected chi connectivity index (χ4v) is 6.30. The zero-order chi connectivity index (χ0) is 14.4. The van der Waals surface area contributed by atoms with Gasteiger partial charge in [-0.25, -0.2) is 0 Å². The van der Waals surface area contributed by atoms with Gasteiger partial charge < -0.3 is 4.90 Å². The molecule has 0 radical (unpaired) electrons. The van der Waals surface area contributed by atoms with Gasteiger partial charge in [0.05, 0.1) is 0 Å². The molecule has 4 bridgehead atoms. The van der Waals surface area contributed by atoms with Crippen LogP contribution in [0.2, 0.25) is 0 Å². The van der Waals surface area contributed by atoms with Crippen LogP contribution in [0, 0.1) is 23.2 Å². The van der Waals surface area contributed by atoms with E-state index in [1.165, 1.54) is 38.6 Å². The second-order valence-corrected chi connectivity index (χ2v) is 8.41. The van der Waals surface area contributed by atoms with Gasteiger partial charge in [0.2, 0.25) is 0 Å². The lowest BCUT2D eigenvalue weighted by Crippen LogP contribution is -2.52. The summed E-state index contributed by atoms with van der Waals surface area (Å²) in [6.45, 7) is 1.26. The van der Waals surface area contributed by atoms with Gasteiger partial charge in [-0.3, -0.25) is 0 Å². The molecule has 1 aromatic carbocycles. The summed E-state index contributed by atoms with van der Waals surface area (Å²) in [5, 5.41) is 0. The van der Waals surface area contributed by atoms with Crippen molar-refractivity contribution >= 4 is 0 Å². The highest BCUT2D eigenvalue weighted by Gasteiger charge is 2.56. The maximum absolute atomic E-state index is 2.41. The Hall–Kier alpha value is -0.820. The molecule has 21 heavy (non-hydrogen) atoms. The topological polar surface area (TPSA) is 3.24 Å². The van der Waals surface area contributed by atoms with Gasteiger partial charge in [-0.05, 0) is 93.8 Å². The maximum atomic E-state index is 2.41. The van der Waals surface area contributed by atoms with Crippen molar-refractivity contribution in [2.75, 3.05) is 20.6 Å². The first-order chi connectivity index (χ1) is 10.2. The molecule has 3 unspecified atom stereocenters. The van der Waals surface area contributed by atoms with Gasteiger partial charge in [0.25, 0.3) is 0 Å². The molecule has 4 saturated carbocycles. The third kappa shape index (κ3) is 2.34. The van der Waals surface area contributed by atoms with Crippen LogP contribution in [0.25, 0.3) is 0 Å². The van der Waals surface area contributed by atoms with Crippen LogP contribution in [-0.2, 0) is 0 Å². The van der Waals surface area contributed by atoms with Crippen molar-refractivity contribution in [3.8, 4) is 0 Å². The Balaban J connectivity index is 1.69. The first kappa shape index (κ1) is 13.8. The maximum Gasteiger partial charge on any atom is -0.00193 e. The Labute approximate surface area is 129 Å². The van der Waals surface area contributed by atoms with E-state index in [0.717, 1.165) is 23.7 Å². The van der Waals surface area contributed by atoms with E-state index in [1.54, 1.807) is 12.0 Å². The molecule has 1 aromatic rings. The fourth-order valence-electron chi connectivity index (χ4n) is 6.30. The van der Waals surface area contributed by atoms with Gasteiger partial charge in [0.1, 0.15) is 0 Å². The molecule has 0 aromatic heterocycles. The molecule has 0 aliphatic heterocycles. The molecule has 4 fully saturated rings. The van der Waals surface area contributed by atoms with Crippen molar-refractivity contribution in [1.29, 1.82) is 0 Å². The monoisotopic (exact) mass is 283 g/mol. The van der Waals surface area contributed by atoms with Crippen molar-refractivity contribution in [2.24, 2.45) is 23.2 Å². The Morgan fingerprint density at radius 3 is 2.29 bits per heavy atom. The van der Waals surface area contributed by atoms with E-state index in [9.17, 15) is 0 Å². The number of hydrogen-bond acceptors (Lipinski definition) is 1. The SMILES string of the molecule is CN(C)CCC12CC3CC(CC(C3)C1c1ccccc1)C2. The molecule has 1 heteroatoms. The van der Waals surface area contributed by atoms with E-state index >= 15 is 0 Å². The molecule has 0 spiro atoms. The first-order valence-electron chi connectivity index (χ1n) is 8.86. The summed E-state index contributed by atoms with van der Waals surface area (Å²) in [6, 6.07) is 11.5. The van der Waals surface area contributed by atoms with Crippen LogP contribution in [-0.4, -0.2) is 25.5 Å². The van der Waals surface area contributed by atoms with Gasteiger partial charge >= 0.3 is 0 Å². The molecule has 3 atom stereocenters. The smallest absolute Gasteiger partial charge is 0.00193 e. The van der Waals surface area contributed by atoms with Gasteiger partial charge in [0, 0.05) is 0 Å². The van der Waals surface area contributed by atoms with E-state index in [2.05, 4.69) is 49.3 Å². The Morgan fingerprint density at radius 2 is 1.67 bits per heavy atom. The number of hydrogen-bond donors (Lipinski definition) is 0. The lowest BCUT2D eigenvalue weighted by Gasteiger charge is -2.62. The summed E-state index contributed by atoms with van der Waals surface area (Å²) < 4.78 is 0. The average Bonchev–Trinajstić information content (AvgIpc) is 2.45. The van der Waals surface area contributed by atoms with E-state index in [4.69, 9.17) is 0 Å². The second kappa shape index (κ2) is 5.12. The molecular weight excluding hydrogens is 254 g/mol. The van der Waals surface area contributed by atoms with Crippen molar-refractivity contribution in [2.45, 2.75) is 44.4 Å². The van der Waals surface area contributed by atoms with Crippen LogP contribution >= 0.6 is 0 Å². The predicted molar refractivity (Wildman–Crippen MR) is 88.3 cm³/mol. The molecule has 1 nitrogen and oxygen atoms in total. The standard InChI is InChI=1S/C20H29N/c1-21(2)9-8-20-13-15-10-16(14-20)12-18(11-15)19(20)17-6-4-3-5-7-17/h3-7,15-16,18-19H,8-14H2,1-2H3. The van der Waals surface area contributed by atoms with Crippen molar-refractivity contribution < 1.29 is 0 Å². The average molecular weight is 283 g/mol. The molecule has 5 rings (SSSR count). The summed E-state index contributed by atoms with van der Waals surface area (Å²) in [7, 11) is 4.47. The predicted octanol–water partition coefficient (Wildman–Crippen LogP) is 4.55. The highest BCUT2D eigenvalue weighted by atomic mass is 15.0. The number of rotatable bonds is 4. The highest BCUT2D eigenvalue weighted by Crippen LogP contribution is 2.67. The zero-order valence-corrected chi connectivity index (χ0v) is 13.6. The molecule has 4 aliphatic carbocycles. The lowest BCUT2D eigenvalue weighted by atomic mass is 9.43. The van der Waals surface area contributed by atoms with Gasteiger partial charge in [0.15, 0.2) is 0 Å². The van der Waals surface area contributed by atoms with E-state index in [1.807, 2.05) is 0 Å². The van der Waals surface area contributed by atoms with Crippen LogP contribution in [0.4, 0.5) is 0 Å². The number of benzene rings is 1. The molecule has 114 valence electrons. The van der Waals surface area contributed by atoms with Crippen LogP contribution in [0.3, 0.4) is 0 Å². The third-order valence-corrected chi connectivity index (χ3v) is 6.68. The molecule has 0 saturated heterocycles. The Morgan fingerprint density at radius 1 is 1.00 bits per heavy atom. The molecule has 4 aliphatic rings. The third-order valence-electron chi connectivity index (χ3n) is 6.68. The van der Waals surface area contributed by atoms with E-state index in [-0.39, 0.29) is 0 Å². The first-order valence-corrected chi connectivity index (χ1v) is 8.86. The highest BCUT2D eigenvalue weighted by molar-refractivity contribution is 5.27. The Bertz CT molecular complexity index is 478. The molecule has 0 heterocycles. The summed E-state index contributed by atoms with van der Waals surface area (Å²) in [5.41, 5.74) is 2.25. The minimum absolute atomic E-state index is 0.611. The lowest BCUT2D eigenvalue weighted by molar-refractivity contribution is -0.0822. The minimum atomic E-state index is 0.611. The second-order valence-electron chi connectivity index (χ2n) is 8.41. The fraction of sp³-hybridized carbons (Fsp3) is 0.700. The minimum Gasteiger partial charge on any atom is -0.309 e. The quantitative estimate of drug-likeness (QED) is 0.783. The zero-order valence-electron chi connectivity index (χ0n) is 13.6. The summed E-state index contributed by atoms with van der Waals surface area (Å²) in [5.74, 6) is 3.90. The van der Waals surface area contributed by atoms with E-state index < -0.39 is 0 Å². The van der Waals surface area contributed by atoms with Gasteiger partial charge in [-0.15, -0.1) is 0 Å². The van der Waals surface area contributed by atoms with Crippen LogP contribution in [0.1, 0.15) is 50.0 Å². The van der Waals surface area contributed by atoms with Crippen LogP contribution in [0.15, 0.2) is 30.3 Å². The van der Waals surface area contributed by atoms with E-state index in [0.29, 0.717) is 5.41 Å². The van der Waals surface area contributed by atoms with Crippen LogP contribution in [0.5, 0.6) is 0 Å².